The molecule has 0 atom stereocenters. The van der Waals surface area contributed by atoms with Crippen LogP contribution in [0.1, 0.15) is 49.6 Å². The first-order valence-electron chi connectivity index (χ1n) is 8.27. The number of carbonyl (C=O) groups is 2. The summed E-state index contributed by atoms with van der Waals surface area (Å²) >= 11 is 3.16. The van der Waals surface area contributed by atoms with Crippen LogP contribution < -0.4 is 5.32 Å². The molecular formula is C17H25BrN2O3. The molecule has 1 N–H and O–H groups in total. The number of nitrogens with one attached hydrogen (secondary N) is 1. The molecule has 23 heavy (non-hydrogen) atoms. The van der Waals surface area contributed by atoms with Gasteiger partial charge in [0.05, 0.1) is 6.54 Å². The minimum absolute atomic E-state index is 0.0431. The molecule has 5 nitrogen and oxygen atoms in total. The number of carbonyl (C=O) groups excluding carboxylic acids is 2. The smallest absolute Gasteiger partial charge is 0.289 e. The summed E-state index contributed by atoms with van der Waals surface area (Å²) in [7, 11) is 1.60. The van der Waals surface area contributed by atoms with Gasteiger partial charge in [-0.05, 0) is 52.7 Å². The molecule has 0 radical (unpaired) electrons. The molecule has 1 aromatic rings. The number of hydrogen-bond acceptors (Lipinski definition) is 3. The Hall–Kier alpha value is -1.30. The zero-order valence-electron chi connectivity index (χ0n) is 13.8. The molecular weight excluding hydrogens is 360 g/mol. The molecule has 1 saturated carbocycles. The van der Waals surface area contributed by atoms with Gasteiger partial charge in [0.1, 0.15) is 0 Å². The first kappa shape index (κ1) is 18.0. The summed E-state index contributed by atoms with van der Waals surface area (Å²) < 4.78 is 5.72. The molecule has 0 bridgehead atoms. The third kappa shape index (κ3) is 5.37. The summed E-state index contributed by atoms with van der Waals surface area (Å²) in [5.74, 6) is 1.24. The number of likely N-dealkylation sites (N-methyl/N-ethyl adjacent to an activating group) is 1. The van der Waals surface area contributed by atoms with Crippen LogP contribution in [0.5, 0.6) is 0 Å². The third-order valence-corrected chi connectivity index (χ3v) is 5.07. The van der Waals surface area contributed by atoms with Crippen LogP contribution in [0.4, 0.5) is 0 Å². The number of furan rings is 1. The quantitative estimate of drug-likeness (QED) is 0.816. The van der Waals surface area contributed by atoms with Crippen molar-refractivity contribution in [2.45, 2.75) is 39.0 Å². The minimum Gasteiger partial charge on any atom is -0.444 e. The first-order chi connectivity index (χ1) is 11.0. The highest BCUT2D eigenvalue weighted by Crippen LogP contribution is 2.30. The molecule has 1 aliphatic carbocycles. The summed E-state index contributed by atoms with van der Waals surface area (Å²) in [5, 5.41) is 2.95. The average Bonchev–Trinajstić information content (AvgIpc) is 2.99. The van der Waals surface area contributed by atoms with Gasteiger partial charge in [0, 0.05) is 13.6 Å². The Morgan fingerprint density at radius 3 is 2.48 bits per heavy atom. The molecule has 1 heterocycles. The molecule has 0 unspecified atom stereocenters. The van der Waals surface area contributed by atoms with E-state index in [9.17, 15) is 9.59 Å². The van der Waals surface area contributed by atoms with Crippen LogP contribution in [0.3, 0.4) is 0 Å². The molecule has 0 spiro atoms. The topological polar surface area (TPSA) is 62.6 Å². The van der Waals surface area contributed by atoms with Crippen LogP contribution in [0, 0.1) is 11.8 Å². The van der Waals surface area contributed by atoms with E-state index in [1.807, 2.05) is 0 Å². The molecule has 0 saturated heterocycles. The van der Waals surface area contributed by atoms with Crippen molar-refractivity contribution in [1.82, 2.24) is 10.2 Å². The Morgan fingerprint density at radius 1 is 1.26 bits per heavy atom. The van der Waals surface area contributed by atoms with Gasteiger partial charge < -0.3 is 14.6 Å². The second-order valence-corrected chi connectivity index (χ2v) is 7.15. The van der Waals surface area contributed by atoms with Crippen molar-refractivity contribution in [2.75, 3.05) is 20.1 Å². The minimum atomic E-state index is -0.297. The van der Waals surface area contributed by atoms with Crippen molar-refractivity contribution in [3.8, 4) is 0 Å². The average molecular weight is 385 g/mol. The first-order valence-corrected chi connectivity index (χ1v) is 9.06. The molecule has 2 amide bonds. The van der Waals surface area contributed by atoms with E-state index in [1.54, 1.807) is 19.2 Å². The van der Waals surface area contributed by atoms with Gasteiger partial charge >= 0.3 is 0 Å². The normalized spacial score (nSPS) is 21.0. The van der Waals surface area contributed by atoms with Gasteiger partial charge in [0.25, 0.3) is 5.91 Å². The van der Waals surface area contributed by atoms with E-state index in [2.05, 4.69) is 28.2 Å². The maximum Gasteiger partial charge on any atom is 0.289 e. The molecule has 1 fully saturated rings. The summed E-state index contributed by atoms with van der Waals surface area (Å²) in [6, 6.07) is 3.25. The molecule has 1 aliphatic rings. The van der Waals surface area contributed by atoms with Gasteiger partial charge in [-0.3, -0.25) is 9.59 Å². The fraction of sp³-hybridized carbons (Fsp3) is 0.647. The zero-order chi connectivity index (χ0) is 16.8. The van der Waals surface area contributed by atoms with Crippen LogP contribution in [0.2, 0.25) is 0 Å². The summed E-state index contributed by atoms with van der Waals surface area (Å²) in [6.07, 6.45) is 6.17. The largest absolute Gasteiger partial charge is 0.444 e. The van der Waals surface area contributed by atoms with Gasteiger partial charge in [-0.1, -0.05) is 26.2 Å². The summed E-state index contributed by atoms with van der Waals surface area (Å²) in [4.78, 5) is 25.5. The Morgan fingerprint density at radius 2 is 1.91 bits per heavy atom. The van der Waals surface area contributed by atoms with Crippen molar-refractivity contribution in [3.05, 3.63) is 22.6 Å². The fourth-order valence-electron chi connectivity index (χ4n) is 3.06. The summed E-state index contributed by atoms with van der Waals surface area (Å²) in [5.41, 5.74) is 0. The van der Waals surface area contributed by atoms with Gasteiger partial charge in [-0.15, -0.1) is 0 Å². The maximum atomic E-state index is 12.1. The number of amides is 2. The van der Waals surface area contributed by atoms with E-state index in [-0.39, 0.29) is 24.1 Å². The second-order valence-electron chi connectivity index (χ2n) is 6.36. The predicted molar refractivity (Wildman–Crippen MR) is 92.1 cm³/mol. The molecule has 0 aromatic carbocycles. The van der Waals surface area contributed by atoms with Gasteiger partial charge in [-0.25, -0.2) is 0 Å². The molecule has 1 aromatic heterocycles. The van der Waals surface area contributed by atoms with Crippen molar-refractivity contribution in [3.63, 3.8) is 0 Å². The van der Waals surface area contributed by atoms with E-state index < -0.39 is 0 Å². The zero-order valence-corrected chi connectivity index (χ0v) is 15.4. The standard InChI is InChI=1S/C17H25BrN2O3/c1-3-12-4-6-13(7-5-12)10-19-16(21)11-20(2)17(22)14-8-9-15(18)23-14/h8-9,12-13H,3-7,10-11H2,1-2H3,(H,19,21). The molecule has 128 valence electrons. The lowest BCUT2D eigenvalue weighted by Crippen LogP contribution is -2.40. The number of halogens is 1. The lowest BCUT2D eigenvalue weighted by Gasteiger charge is -2.28. The monoisotopic (exact) mass is 384 g/mol. The maximum absolute atomic E-state index is 12.1. The van der Waals surface area contributed by atoms with Crippen LogP contribution in [-0.2, 0) is 4.79 Å². The van der Waals surface area contributed by atoms with Crippen LogP contribution in [-0.4, -0.2) is 36.9 Å². The van der Waals surface area contributed by atoms with Gasteiger partial charge in [-0.2, -0.15) is 0 Å². The number of hydrogen-bond donors (Lipinski definition) is 1. The summed E-state index contributed by atoms with van der Waals surface area (Å²) in [6.45, 7) is 3.00. The number of rotatable bonds is 6. The Kier molecular flexibility index (Phi) is 6.69. The molecule has 0 aliphatic heterocycles. The SMILES string of the molecule is CCC1CCC(CNC(=O)CN(C)C(=O)c2ccc(Br)o2)CC1. The van der Waals surface area contributed by atoms with Crippen LogP contribution in [0.25, 0.3) is 0 Å². The number of nitrogens with zero attached hydrogens (tertiary/aromatic N) is 1. The predicted octanol–water partition coefficient (Wildman–Crippen LogP) is 3.45. The van der Waals surface area contributed by atoms with Crippen molar-refractivity contribution >= 4 is 27.7 Å². The van der Waals surface area contributed by atoms with E-state index in [1.165, 1.54) is 37.0 Å². The highest BCUT2D eigenvalue weighted by atomic mass is 79.9. The molecule has 2 rings (SSSR count). The fourth-order valence-corrected chi connectivity index (χ4v) is 3.37. The Bertz CT molecular complexity index is 536. The second kappa shape index (κ2) is 8.52. The lowest BCUT2D eigenvalue weighted by molar-refractivity contribution is -0.121. The van der Waals surface area contributed by atoms with E-state index >= 15 is 0 Å². The van der Waals surface area contributed by atoms with Crippen molar-refractivity contribution < 1.29 is 14.0 Å². The Labute approximate surface area is 145 Å². The Balaban J connectivity index is 1.71. The van der Waals surface area contributed by atoms with E-state index in [0.29, 0.717) is 17.1 Å². The van der Waals surface area contributed by atoms with E-state index in [4.69, 9.17) is 4.42 Å². The van der Waals surface area contributed by atoms with Crippen molar-refractivity contribution in [2.24, 2.45) is 11.8 Å². The van der Waals surface area contributed by atoms with Gasteiger partial charge in [0.2, 0.25) is 5.91 Å². The third-order valence-electron chi connectivity index (χ3n) is 4.64. The van der Waals surface area contributed by atoms with E-state index in [0.717, 1.165) is 5.92 Å². The van der Waals surface area contributed by atoms with Gasteiger partial charge in [0.15, 0.2) is 10.4 Å². The highest BCUT2D eigenvalue weighted by Gasteiger charge is 2.21. The van der Waals surface area contributed by atoms with Crippen molar-refractivity contribution in [1.29, 1.82) is 0 Å². The highest BCUT2D eigenvalue weighted by molar-refractivity contribution is 9.10. The van der Waals surface area contributed by atoms with Crippen LogP contribution >= 0.6 is 15.9 Å². The van der Waals surface area contributed by atoms with Crippen LogP contribution in [0.15, 0.2) is 21.2 Å². The lowest BCUT2D eigenvalue weighted by atomic mass is 9.81. The molecule has 6 heteroatoms.